The second-order valence-electron chi connectivity index (χ2n) is 8.31. The Balaban J connectivity index is 1.59. The molecule has 0 saturated carbocycles. The SMILES string of the molecule is C=CCc1cc(/C=C2\SC(=O)N(Cc3ccccc3C)C2=O)cc(OC)c1OCc1ccc(Br)cc1. The van der Waals surface area contributed by atoms with Crippen molar-refractivity contribution < 1.29 is 19.1 Å². The number of carbonyl (C=O) groups is 2. The van der Waals surface area contributed by atoms with Crippen LogP contribution in [0.4, 0.5) is 4.79 Å². The predicted octanol–water partition coefficient (Wildman–Crippen LogP) is 7.31. The zero-order valence-corrected chi connectivity index (χ0v) is 22.5. The van der Waals surface area contributed by atoms with Crippen LogP contribution >= 0.6 is 27.7 Å². The lowest BCUT2D eigenvalue weighted by Gasteiger charge is -2.16. The molecular formula is C29H26BrNO4S. The van der Waals surface area contributed by atoms with Gasteiger partial charge < -0.3 is 9.47 Å². The van der Waals surface area contributed by atoms with E-state index in [-0.39, 0.29) is 17.7 Å². The highest BCUT2D eigenvalue weighted by molar-refractivity contribution is 9.10. The third-order valence-corrected chi connectivity index (χ3v) is 7.23. The van der Waals surface area contributed by atoms with Crippen molar-refractivity contribution >= 4 is 44.9 Å². The number of ether oxygens (including phenoxy) is 2. The highest BCUT2D eigenvalue weighted by Crippen LogP contribution is 2.38. The Bertz CT molecular complexity index is 1330. The molecule has 3 aromatic carbocycles. The molecule has 0 aromatic heterocycles. The number of hydrogen-bond acceptors (Lipinski definition) is 5. The van der Waals surface area contributed by atoms with Gasteiger partial charge in [-0.3, -0.25) is 14.5 Å². The van der Waals surface area contributed by atoms with Crippen LogP contribution in [0.1, 0.15) is 27.8 Å². The van der Waals surface area contributed by atoms with Gasteiger partial charge in [-0.2, -0.15) is 0 Å². The average molecular weight is 565 g/mol. The molecule has 5 nitrogen and oxygen atoms in total. The molecule has 1 aliphatic heterocycles. The monoisotopic (exact) mass is 563 g/mol. The molecule has 7 heteroatoms. The molecule has 0 atom stereocenters. The first kappa shape index (κ1) is 25.8. The summed E-state index contributed by atoms with van der Waals surface area (Å²) in [6.45, 7) is 6.47. The number of hydrogen-bond donors (Lipinski definition) is 0. The van der Waals surface area contributed by atoms with Gasteiger partial charge in [0.05, 0.1) is 18.6 Å². The number of halogens is 1. The number of allylic oxidation sites excluding steroid dienone is 1. The van der Waals surface area contributed by atoms with E-state index in [0.717, 1.165) is 44.1 Å². The number of carbonyl (C=O) groups excluding carboxylic acids is 2. The van der Waals surface area contributed by atoms with E-state index in [1.807, 2.05) is 67.6 Å². The highest BCUT2D eigenvalue weighted by atomic mass is 79.9. The molecule has 0 unspecified atom stereocenters. The van der Waals surface area contributed by atoms with E-state index >= 15 is 0 Å². The van der Waals surface area contributed by atoms with Gasteiger partial charge in [0.25, 0.3) is 11.1 Å². The third-order valence-electron chi connectivity index (χ3n) is 5.80. The fraction of sp³-hybridized carbons (Fsp3) is 0.172. The Morgan fingerprint density at radius 3 is 2.50 bits per heavy atom. The molecule has 1 heterocycles. The molecule has 0 spiro atoms. The molecule has 1 fully saturated rings. The minimum Gasteiger partial charge on any atom is -0.493 e. The van der Waals surface area contributed by atoms with E-state index < -0.39 is 0 Å². The molecule has 0 aliphatic carbocycles. The zero-order chi connectivity index (χ0) is 25.7. The second kappa shape index (κ2) is 11.6. The number of methoxy groups -OCH3 is 1. The average Bonchev–Trinajstić information content (AvgIpc) is 3.12. The molecule has 3 aromatic rings. The van der Waals surface area contributed by atoms with Crippen LogP contribution in [0.25, 0.3) is 6.08 Å². The first-order valence-corrected chi connectivity index (χ1v) is 13.0. The number of imide groups is 1. The van der Waals surface area contributed by atoms with Gasteiger partial charge in [-0.1, -0.05) is 58.4 Å². The molecule has 36 heavy (non-hydrogen) atoms. The van der Waals surface area contributed by atoms with Gasteiger partial charge in [0.1, 0.15) is 6.61 Å². The summed E-state index contributed by atoms with van der Waals surface area (Å²) in [6.07, 6.45) is 4.08. The van der Waals surface area contributed by atoms with Gasteiger partial charge in [-0.25, -0.2) is 0 Å². The molecule has 1 aliphatic rings. The van der Waals surface area contributed by atoms with Crippen LogP contribution in [0.5, 0.6) is 11.5 Å². The third kappa shape index (κ3) is 5.91. The minimum atomic E-state index is -0.298. The normalized spacial score (nSPS) is 14.4. The molecule has 0 bridgehead atoms. The van der Waals surface area contributed by atoms with Crippen LogP contribution in [0.15, 0.2) is 82.7 Å². The summed E-state index contributed by atoms with van der Waals surface area (Å²) in [5, 5.41) is -0.276. The van der Waals surface area contributed by atoms with Crippen molar-refractivity contribution in [3.8, 4) is 11.5 Å². The van der Waals surface area contributed by atoms with E-state index in [2.05, 4.69) is 22.5 Å². The highest BCUT2D eigenvalue weighted by Gasteiger charge is 2.35. The van der Waals surface area contributed by atoms with Crippen LogP contribution in [0, 0.1) is 6.92 Å². The van der Waals surface area contributed by atoms with Crippen LogP contribution in [-0.2, 0) is 24.4 Å². The number of nitrogens with zero attached hydrogens (tertiary/aromatic N) is 1. The number of amides is 2. The quantitative estimate of drug-likeness (QED) is 0.202. The molecule has 0 N–H and O–H groups in total. The van der Waals surface area contributed by atoms with Gasteiger partial charge >= 0.3 is 0 Å². The van der Waals surface area contributed by atoms with Crippen molar-refractivity contribution in [3.63, 3.8) is 0 Å². The number of aryl methyl sites for hydroxylation is 1. The van der Waals surface area contributed by atoms with Gasteiger partial charge in [0.2, 0.25) is 0 Å². The Kier molecular flexibility index (Phi) is 8.33. The van der Waals surface area contributed by atoms with Crippen LogP contribution in [0.3, 0.4) is 0 Å². The first-order chi connectivity index (χ1) is 17.4. The topological polar surface area (TPSA) is 55.8 Å². The van der Waals surface area contributed by atoms with Crippen LogP contribution in [0.2, 0.25) is 0 Å². The van der Waals surface area contributed by atoms with Crippen LogP contribution < -0.4 is 9.47 Å². The van der Waals surface area contributed by atoms with Crippen molar-refractivity contribution in [2.24, 2.45) is 0 Å². The summed E-state index contributed by atoms with van der Waals surface area (Å²) in [5.74, 6) is 0.884. The maximum atomic E-state index is 13.1. The van der Waals surface area contributed by atoms with Crippen LogP contribution in [-0.4, -0.2) is 23.2 Å². The van der Waals surface area contributed by atoms with Crippen molar-refractivity contribution in [1.29, 1.82) is 0 Å². The Hall–Kier alpha value is -3.29. The van der Waals surface area contributed by atoms with E-state index in [1.165, 1.54) is 4.90 Å². The summed E-state index contributed by atoms with van der Waals surface area (Å²) < 4.78 is 12.8. The minimum absolute atomic E-state index is 0.253. The standard InChI is InChI=1S/C29H26BrNO4S/c1-4-7-22-14-21(15-25(34-3)27(22)35-18-20-10-12-24(30)13-11-20)16-26-28(32)31(29(33)36-26)17-23-9-6-5-8-19(23)2/h4-6,8-16H,1,7,17-18H2,2-3H3/b26-16-. The fourth-order valence-corrected chi connectivity index (χ4v) is 4.97. The lowest BCUT2D eigenvalue weighted by Crippen LogP contribution is -2.27. The molecule has 2 amide bonds. The summed E-state index contributed by atoms with van der Waals surface area (Å²) in [5.41, 5.74) is 4.64. The number of thioether (sulfide) groups is 1. The molecule has 4 rings (SSSR count). The van der Waals surface area contributed by atoms with Gasteiger partial charge in [-0.15, -0.1) is 6.58 Å². The van der Waals surface area contributed by atoms with Crippen molar-refractivity contribution in [3.05, 3.63) is 111 Å². The molecular weight excluding hydrogens is 538 g/mol. The fourth-order valence-electron chi connectivity index (χ4n) is 3.87. The van der Waals surface area contributed by atoms with E-state index in [0.29, 0.717) is 29.4 Å². The summed E-state index contributed by atoms with van der Waals surface area (Å²) in [7, 11) is 1.58. The summed E-state index contributed by atoms with van der Waals surface area (Å²) >= 11 is 4.39. The molecule has 0 radical (unpaired) electrons. The largest absolute Gasteiger partial charge is 0.493 e. The summed E-state index contributed by atoms with van der Waals surface area (Å²) in [6, 6.07) is 19.4. The maximum absolute atomic E-state index is 13.1. The van der Waals surface area contributed by atoms with E-state index in [4.69, 9.17) is 9.47 Å². The number of rotatable bonds is 9. The van der Waals surface area contributed by atoms with Gasteiger partial charge in [0.15, 0.2) is 11.5 Å². The lowest BCUT2D eigenvalue weighted by atomic mass is 10.0. The van der Waals surface area contributed by atoms with Gasteiger partial charge in [-0.05, 0) is 77.7 Å². The van der Waals surface area contributed by atoms with Crippen molar-refractivity contribution in [1.82, 2.24) is 4.90 Å². The molecule has 184 valence electrons. The van der Waals surface area contributed by atoms with E-state index in [1.54, 1.807) is 19.3 Å². The lowest BCUT2D eigenvalue weighted by molar-refractivity contribution is -0.123. The van der Waals surface area contributed by atoms with Gasteiger partial charge in [0, 0.05) is 10.0 Å². The molecule has 1 saturated heterocycles. The Morgan fingerprint density at radius 1 is 1.06 bits per heavy atom. The van der Waals surface area contributed by atoms with Crippen molar-refractivity contribution in [2.45, 2.75) is 26.5 Å². The predicted molar refractivity (Wildman–Crippen MR) is 148 cm³/mol. The first-order valence-electron chi connectivity index (χ1n) is 11.4. The Labute approximate surface area is 223 Å². The maximum Gasteiger partial charge on any atom is 0.293 e. The van der Waals surface area contributed by atoms with Crippen molar-refractivity contribution in [2.75, 3.05) is 7.11 Å². The zero-order valence-electron chi connectivity index (χ0n) is 20.1. The van der Waals surface area contributed by atoms with E-state index in [9.17, 15) is 9.59 Å². The summed E-state index contributed by atoms with van der Waals surface area (Å²) in [4.78, 5) is 27.4. The second-order valence-corrected chi connectivity index (χ2v) is 10.2. The Morgan fingerprint density at radius 2 is 1.81 bits per heavy atom. The number of benzene rings is 3. The smallest absolute Gasteiger partial charge is 0.293 e.